The number of likely N-dealkylation sites (N-methyl/N-ethyl adjacent to an activating group) is 1. The number of nitrogens with zero attached hydrogens (tertiary/aromatic N) is 2. The van der Waals surface area contributed by atoms with Gasteiger partial charge in [0, 0.05) is 18.6 Å². The lowest BCUT2D eigenvalue weighted by atomic mass is 10.1. The minimum Gasteiger partial charge on any atom is -0.497 e. The first-order valence-corrected chi connectivity index (χ1v) is 12.1. The Balaban J connectivity index is 2.41. The summed E-state index contributed by atoms with van der Waals surface area (Å²) in [5.74, 6) is -0.300. The van der Waals surface area contributed by atoms with E-state index in [-0.39, 0.29) is 18.1 Å². The highest BCUT2D eigenvalue weighted by atomic mass is 35.5. The van der Waals surface area contributed by atoms with E-state index in [1.165, 1.54) is 25.1 Å². The number of hydrogen-bond acceptors (Lipinski definition) is 5. The molecule has 2 rings (SSSR count). The van der Waals surface area contributed by atoms with Gasteiger partial charge in [0.15, 0.2) is 0 Å². The van der Waals surface area contributed by atoms with Crippen LogP contribution in [0.1, 0.15) is 18.1 Å². The van der Waals surface area contributed by atoms with E-state index in [0.29, 0.717) is 10.8 Å². The van der Waals surface area contributed by atoms with Crippen LogP contribution < -0.4 is 14.4 Å². The third kappa shape index (κ3) is 6.37. The third-order valence-corrected chi connectivity index (χ3v) is 6.57. The van der Waals surface area contributed by atoms with Gasteiger partial charge >= 0.3 is 0 Å². The Labute approximate surface area is 194 Å². The lowest BCUT2D eigenvalue weighted by Crippen LogP contribution is -2.50. The minimum absolute atomic E-state index is 0.0941. The van der Waals surface area contributed by atoms with Gasteiger partial charge in [0.05, 0.1) is 19.1 Å². The van der Waals surface area contributed by atoms with E-state index < -0.39 is 28.5 Å². The van der Waals surface area contributed by atoms with Crippen LogP contribution in [0.4, 0.5) is 5.69 Å². The quantitative estimate of drug-likeness (QED) is 0.594. The number of halogens is 1. The molecule has 0 aromatic heterocycles. The number of carbonyl (C=O) groups excluding carboxylic acids is 2. The number of anilines is 1. The summed E-state index contributed by atoms with van der Waals surface area (Å²) in [5.41, 5.74) is 1.78. The second kappa shape index (κ2) is 10.7. The molecule has 0 unspecified atom stereocenters. The van der Waals surface area contributed by atoms with Crippen molar-refractivity contribution in [1.82, 2.24) is 10.2 Å². The number of sulfonamides is 1. The summed E-state index contributed by atoms with van der Waals surface area (Å²) in [4.78, 5) is 27.0. The Bertz CT molecular complexity index is 1090. The summed E-state index contributed by atoms with van der Waals surface area (Å²) in [6, 6.07) is 11.0. The molecule has 0 radical (unpaired) electrons. The van der Waals surface area contributed by atoms with Crippen LogP contribution in [0, 0.1) is 6.92 Å². The van der Waals surface area contributed by atoms with Crippen LogP contribution in [0.15, 0.2) is 42.5 Å². The fraction of sp³-hybridized carbons (Fsp3) is 0.364. The van der Waals surface area contributed by atoms with Crippen LogP contribution in [0.2, 0.25) is 5.02 Å². The molecule has 0 fully saturated rings. The van der Waals surface area contributed by atoms with E-state index in [0.717, 1.165) is 21.7 Å². The molecule has 1 N–H and O–H groups in total. The van der Waals surface area contributed by atoms with Crippen molar-refractivity contribution in [3.63, 3.8) is 0 Å². The maximum Gasteiger partial charge on any atom is 0.244 e. The molecule has 2 amide bonds. The highest BCUT2D eigenvalue weighted by Gasteiger charge is 2.29. The molecule has 0 saturated heterocycles. The predicted molar refractivity (Wildman–Crippen MR) is 125 cm³/mol. The monoisotopic (exact) mass is 481 g/mol. The highest BCUT2D eigenvalue weighted by molar-refractivity contribution is 7.92. The molecule has 32 heavy (non-hydrogen) atoms. The number of benzene rings is 2. The molecule has 0 aliphatic carbocycles. The Morgan fingerprint density at radius 1 is 1.19 bits per heavy atom. The van der Waals surface area contributed by atoms with Gasteiger partial charge in [-0.25, -0.2) is 8.42 Å². The molecule has 0 aliphatic rings. The van der Waals surface area contributed by atoms with Crippen molar-refractivity contribution < 1.29 is 22.7 Å². The maximum absolute atomic E-state index is 13.3. The number of methoxy groups -OCH3 is 1. The Hall–Kier alpha value is -2.78. The summed E-state index contributed by atoms with van der Waals surface area (Å²) in [6.07, 6.45) is 1.02. The smallest absolute Gasteiger partial charge is 0.244 e. The Morgan fingerprint density at radius 2 is 1.88 bits per heavy atom. The molecule has 174 valence electrons. The first kappa shape index (κ1) is 25.5. The molecular weight excluding hydrogens is 454 g/mol. The van der Waals surface area contributed by atoms with Crippen LogP contribution in [-0.2, 0) is 26.2 Å². The summed E-state index contributed by atoms with van der Waals surface area (Å²) >= 11 is 6.17. The zero-order chi connectivity index (χ0) is 24.1. The van der Waals surface area contributed by atoms with Gasteiger partial charge in [0.2, 0.25) is 21.8 Å². The summed E-state index contributed by atoms with van der Waals surface area (Å²) in [6.45, 7) is 2.99. The molecule has 2 aromatic carbocycles. The van der Waals surface area contributed by atoms with E-state index in [2.05, 4.69) is 5.32 Å². The number of rotatable bonds is 9. The number of aryl methyl sites for hydroxylation is 1. The molecule has 0 heterocycles. The first-order chi connectivity index (χ1) is 15.0. The van der Waals surface area contributed by atoms with Gasteiger partial charge in [-0.3, -0.25) is 13.9 Å². The van der Waals surface area contributed by atoms with Crippen molar-refractivity contribution in [2.45, 2.75) is 26.4 Å². The second-order valence-electron chi connectivity index (χ2n) is 7.37. The Morgan fingerprint density at radius 3 is 2.44 bits per heavy atom. The number of amides is 2. The van der Waals surface area contributed by atoms with Gasteiger partial charge in [0.1, 0.15) is 18.3 Å². The average Bonchev–Trinajstić information content (AvgIpc) is 2.75. The van der Waals surface area contributed by atoms with Gasteiger partial charge in [0.25, 0.3) is 0 Å². The second-order valence-corrected chi connectivity index (χ2v) is 9.68. The maximum atomic E-state index is 13.3. The molecule has 0 aliphatic heterocycles. The van der Waals surface area contributed by atoms with E-state index in [1.807, 2.05) is 0 Å². The van der Waals surface area contributed by atoms with Gasteiger partial charge in [-0.05, 0) is 49.2 Å². The topological polar surface area (TPSA) is 96.0 Å². The minimum atomic E-state index is -3.80. The largest absolute Gasteiger partial charge is 0.497 e. The molecule has 8 nitrogen and oxygen atoms in total. The van der Waals surface area contributed by atoms with Crippen LogP contribution in [-0.4, -0.2) is 58.1 Å². The number of hydrogen-bond donors (Lipinski definition) is 1. The molecule has 0 bridgehead atoms. The number of carbonyl (C=O) groups is 2. The standard InChI is InChI=1S/C22H28ClN3O5S/c1-15-9-10-18(12-20(15)23)26(32(5,29)30)14-21(27)25(16(2)22(28)24-3)13-17-7-6-8-19(11-17)31-4/h6-12,16H,13-14H2,1-5H3,(H,24,28)/t16-/m1/s1. The molecule has 2 aromatic rings. The molecule has 10 heteroatoms. The Kier molecular flexibility index (Phi) is 8.51. The average molecular weight is 482 g/mol. The van der Waals surface area contributed by atoms with Crippen LogP contribution in [0.5, 0.6) is 5.75 Å². The van der Waals surface area contributed by atoms with Gasteiger partial charge in [-0.2, -0.15) is 0 Å². The van der Waals surface area contributed by atoms with Crippen molar-refractivity contribution in [3.05, 3.63) is 58.6 Å². The van der Waals surface area contributed by atoms with Crippen molar-refractivity contribution in [1.29, 1.82) is 0 Å². The molecular formula is C22H28ClN3O5S. The predicted octanol–water partition coefficient (Wildman–Crippen LogP) is 2.59. The van der Waals surface area contributed by atoms with Gasteiger partial charge in [-0.1, -0.05) is 29.8 Å². The SMILES string of the molecule is CNC(=O)[C@@H](C)N(Cc1cccc(OC)c1)C(=O)CN(c1ccc(C)c(Cl)c1)S(C)(=O)=O. The molecule has 1 atom stereocenters. The summed E-state index contributed by atoms with van der Waals surface area (Å²) in [5, 5.41) is 2.92. The van der Waals surface area contributed by atoms with Crippen LogP contribution in [0.25, 0.3) is 0 Å². The highest BCUT2D eigenvalue weighted by Crippen LogP contribution is 2.25. The van der Waals surface area contributed by atoms with E-state index in [4.69, 9.17) is 16.3 Å². The van der Waals surface area contributed by atoms with Crippen molar-refractivity contribution in [2.24, 2.45) is 0 Å². The van der Waals surface area contributed by atoms with Gasteiger partial charge in [-0.15, -0.1) is 0 Å². The summed E-state index contributed by atoms with van der Waals surface area (Å²) < 4.78 is 31.2. The summed E-state index contributed by atoms with van der Waals surface area (Å²) in [7, 11) is -0.795. The molecule has 0 spiro atoms. The lowest BCUT2D eigenvalue weighted by molar-refractivity contribution is -0.139. The van der Waals surface area contributed by atoms with Crippen LogP contribution in [0.3, 0.4) is 0 Å². The normalized spacial score (nSPS) is 12.1. The van der Waals surface area contributed by atoms with Crippen molar-refractivity contribution >= 4 is 39.1 Å². The zero-order valence-electron chi connectivity index (χ0n) is 18.8. The fourth-order valence-electron chi connectivity index (χ4n) is 3.11. The van der Waals surface area contributed by atoms with E-state index in [9.17, 15) is 18.0 Å². The van der Waals surface area contributed by atoms with E-state index >= 15 is 0 Å². The van der Waals surface area contributed by atoms with Crippen molar-refractivity contribution in [3.8, 4) is 5.75 Å². The lowest BCUT2D eigenvalue weighted by Gasteiger charge is -2.31. The first-order valence-electron chi connectivity index (χ1n) is 9.85. The number of ether oxygens (including phenoxy) is 1. The fourth-order valence-corrected chi connectivity index (χ4v) is 4.13. The van der Waals surface area contributed by atoms with Gasteiger partial charge < -0.3 is 15.0 Å². The number of nitrogens with one attached hydrogen (secondary N) is 1. The third-order valence-electron chi connectivity index (χ3n) is 5.02. The molecule has 0 saturated carbocycles. The zero-order valence-corrected chi connectivity index (χ0v) is 20.3. The van der Waals surface area contributed by atoms with Crippen molar-refractivity contribution in [2.75, 3.05) is 31.3 Å². The van der Waals surface area contributed by atoms with E-state index in [1.54, 1.807) is 50.2 Å². The van der Waals surface area contributed by atoms with Crippen LogP contribution >= 0.6 is 11.6 Å².